The van der Waals surface area contributed by atoms with E-state index in [1.54, 1.807) is 0 Å². The number of hydrogen-bond acceptors (Lipinski definition) is 2. The van der Waals surface area contributed by atoms with Crippen LogP contribution in [0.5, 0.6) is 0 Å². The zero-order chi connectivity index (χ0) is 13.6. The largest absolute Gasteiger partial charge is 0.356 e. The molecule has 18 heavy (non-hydrogen) atoms. The van der Waals surface area contributed by atoms with Crippen LogP contribution < -0.4 is 10.6 Å². The van der Waals surface area contributed by atoms with Gasteiger partial charge in [0.05, 0.1) is 0 Å². The Kier molecular flexibility index (Phi) is 5.64. The van der Waals surface area contributed by atoms with Gasteiger partial charge in [0.1, 0.15) is 0 Å². The number of carbonyl (C=O) groups excluding carboxylic acids is 1. The summed E-state index contributed by atoms with van der Waals surface area (Å²) in [5.74, 6) is 0.179. The second-order valence-corrected chi connectivity index (χ2v) is 7.07. The highest BCUT2D eigenvalue weighted by molar-refractivity contribution is 5.76. The molecule has 2 N–H and O–H groups in total. The summed E-state index contributed by atoms with van der Waals surface area (Å²) in [7, 11) is 0. The lowest BCUT2D eigenvalue weighted by atomic mass is 9.76. The van der Waals surface area contributed by atoms with E-state index in [-0.39, 0.29) is 11.4 Å². The number of rotatable bonds is 5. The maximum Gasteiger partial charge on any atom is 0.221 e. The number of hydrogen-bond donors (Lipinski definition) is 2. The van der Waals surface area contributed by atoms with Crippen molar-refractivity contribution in [3.05, 3.63) is 0 Å². The van der Waals surface area contributed by atoms with Crippen LogP contribution in [-0.4, -0.2) is 24.5 Å². The third kappa shape index (κ3) is 6.39. The molecular formula is C15H30N2O. The van der Waals surface area contributed by atoms with Crippen molar-refractivity contribution in [2.24, 2.45) is 5.41 Å². The molecule has 0 aromatic heterocycles. The molecule has 0 radical (unpaired) electrons. The molecule has 0 bridgehead atoms. The first-order chi connectivity index (χ1) is 8.31. The molecule has 1 saturated carbocycles. The highest BCUT2D eigenvalue weighted by Crippen LogP contribution is 2.34. The Morgan fingerprint density at radius 2 is 1.78 bits per heavy atom. The van der Waals surface area contributed by atoms with Gasteiger partial charge in [0, 0.05) is 25.0 Å². The quantitative estimate of drug-likeness (QED) is 0.792. The minimum absolute atomic E-state index is 0.0929. The van der Waals surface area contributed by atoms with Gasteiger partial charge in [0.25, 0.3) is 0 Å². The van der Waals surface area contributed by atoms with Gasteiger partial charge in [-0.05, 0) is 39.0 Å². The van der Waals surface area contributed by atoms with E-state index in [1.807, 2.05) is 0 Å². The first-order valence-electron chi connectivity index (χ1n) is 7.33. The Morgan fingerprint density at radius 3 is 2.33 bits per heavy atom. The van der Waals surface area contributed by atoms with E-state index in [9.17, 15) is 4.79 Å². The third-order valence-corrected chi connectivity index (χ3v) is 3.78. The zero-order valence-electron chi connectivity index (χ0n) is 12.6. The minimum Gasteiger partial charge on any atom is -0.356 e. The molecule has 1 aliphatic carbocycles. The topological polar surface area (TPSA) is 41.1 Å². The van der Waals surface area contributed by atoms with Crippen molar-refractivity contribution in [3.8, 4) is 0 Å². The fraction of sp³-hybridized carbons (Fsp3) is 0.933. The fourth-order valence-corrected chi connectivity index (χ4v) is 2.53. The SMILES string of the molecule is CC1(CNC(=O)CCNC(C)(C)C)CCCCC1. The van der Waals surface area contributed by atoms with Crippen LogP contribution in [0.4, 0.5) is 0 Å². The molecule has 0 aliphatic heterocycles. The van der Waals surface area contributed by atoms with E-state index < -0.39 is 0 Å². The van der Waals surface area contributed by atoms with Crippen LogP contribution >= 0.6 is 0 Å². The van der Waals surface area contributed by atoms with Gasteiger partial charge in [-0.1, -0.05) is 26.2 Å². The summed E-state index contributed by atoms with van der Waals surface area (Å²) < 4.78 is 0. The normalized spacial score (nSPS) is 19.6. The van der Waals surface area contributed by atoms with Gasteiger partial charge in [-0.15, -0.1) is 0 Å². The number of carbonyl (C=O) groups is 1. The number of nitrogens with one attached hydrogen (secondary N) is 2. The monoisotopic (exact) mass is 254 g/mol. The van der Waals surface area contributed by atoms with Crippen molar-refractivity contribution in [1.82, 2.24) is 10.6 Å². The van der Waals surface area contributed by atoms with Gasteiger partial charge in [-0.2, -0.15) is 0 Å². The summed E-state index contributed by atoms with van der Waals surface area (Å²) in [5, 5.41) is 6.44. The minimum atomic E-state index is 0.0929. The molecule has 1 aliphatic rings. The number of amides is 1. The van der Waals surface area contributed by atoms with Crippen LogP contribution in [0, 0.1) is 5.41 Å². The van der Waals surface area contributed by atoms with E-state index in [2.05, 4.69) is 38.3 Å². The maximum atomic E-state index is 11.8. The Bertz CT molecular complexity index is 262. The molecule has 0 aromatic rings. The fourth-order valence-electron chi connectivity index (χ4n) is 2.53. The average molecular weight is 254 g/mol. The molecule has 106 valence electrons. The van der Waals surface area contributed by atoms with Crippen LogP contribution in [0.3, 0.4) is 0 Å². The Morgan fingerprint density at radius 1 is 1.17 bits per heavy atom. The van der Waals surface area contributed by atoms with Crippen LogP contribution in [0.15, 0.2) is 0 Å². The highest BCUT2D eigenvalue weighted by atomic mass is 16.1. The van der Waals surface area contributed by atoms with Crippen LogP contribution in [0.1, 0.15) is 66.2 Å². The first kappa shape index (κ1) is 15.5. The lowest BCUT2D eigenvalue weighted by Crippen LogP contribution is -2.40. The van der Waals surface area contributed by atoms with E-state index in [4.69, 9.17) is 0 Å². The maximum absolute atomic E-state index is 11.8. The van der Waals surface area contributed by atoms with Crippen molar-refractivity contribution in [2.75, 3.05) is 13.1 Å². The summed E-state index contributed by atoms with van der Waals surface area (Å²) in [5.41, 5.74) is 0.432. The van der Waals surface area contributed by atoms with Gasteiger partial charge in [0.2, 0.25) is 5.91 Å². The summed E-state index contributed by atoms with van der Waals surface area (Å²) in [6.45, 7) is 10.3. The smallest absolute Gasteiger partial charge is 0.221 e. The van der Waals surface area contributed by atoms with Gasteiger partial charge in [0.15, 0.2) is 0 Å². The molecule has 0 aromatic carbocycles. The molecule has 0 spiro atoms. The van der Waals surface area contributed by atoms with Crippen LogP contribution in [0.25, 0.3) is 0 Å². The Balaban J connectivity index is 2.16. The summed E-state index contributed by atoms with van der Waals surface area (Å²) in [4.78, 5) is 11.8. The van der Waals surface area contributed by atoms with E-state index in [1.165, 1.54) is 32.1 Å². The Hall–Kier alpha value is -0.570. The van der Waals surface area contributed by atoms with Gasteiger partial charge in [-0.3, -0.25) is 4.79 Å². The summed E-state index contributed by atoms with van der Waals surface area (Å²) in [6, 6.07) is 0. The molecule has 1 fully saturated rings. The average Bonchev–Trinajstić information content (AvgIpc) is 2.26. The van der Waals surface area contributed by atoms with Crippen molar-refractivity contribution >= 4 is 5.91 Å². The van der Waals surface area contributed by atoms with E-state index in [0.717, 1.165) is 13.1 Å². The zero-order valence-corrected chi connectivity index (χ0v) is 12.6. The van der Waals surface area contributed by atoms with Crippen molar-refractivity contribution in [2.45, 2.75) is 71.8 Å². The van der Waals surface area contributed by atoms with Crippen LogP contribution in [0.2, 0.25) is 0 Å². The lowest BCUT2D eigenvalue weighted by Gasteiger charge is -2.33. The standard InChI is InChI=1S/C15H30N2O/c1-14(2,3)17-11-8-13(18)16-12-15(4)9-6-5-7-10-15/h17H,5-12H2,1-4H3,(H,16,18). The van der Waals surface area contributed by atoms with Gasteiger partial charge in [-0.25, -0.2) is 0 Å². The van der Waals surface area contributed by atoms with E-state index >= 15 is 0 Å². The van der Waals surface area contributed by atoms with Crippen molar-refractivity contribution in [3.63, 3.8) is 0 Å². The van der Waals surface area contributed by atoms with Gasteiger partial charge >= 0.3 is 0 Å². The molecule has 0 heterocycles. The second kappa shape index (κ2) is 6.55. The molecule has 1 rings (SSSR count). The molecule has 0 saturated heterocycles. The Labute approximate surface area is 112 Å². The second-order valence-electron chi connectivity index (χ2n) is 7.07. The summed E-state index contributed by atoms with van der Waals surface area (Å²) >= 11 is 0. The predicted octanol–water partition coefficient (Wildman–Crippen LogP) is 2.85. The molecule has 0 unspecified atom stereocenters. The van der Waals surface area contributed by atoms with E-state index in [0.29, 0.717) is 11.8 Å². The van der Waals surface area contributed by atoms with Crippen LogP contribution in [-0.2, 0) is 4.79 Å². The highest BCUT2D eigenvalue weighted by Gasteiger charge is 2.26. The summed E-state index contributed by atoms with van der Waals surface area (Å²) in [6.07, 6.45) is 7.09. The molecule has 0 atom stereocenters. The molecule has 3 heteroatoms. The van der Waals surface area contributed by atoms with Crippen molar-refractivity contribution < 1.29 is 4.79 Å². The molecule has 3 nitrogen and oxygen atoms in total. The molecule has 1 amide bonds. The lowest BCUT2D eigenvalue weighted by molar-refractivity contribution is -0.121. The molecular weight excluding hydrogens is 224 g/mol. The third-order valence-electron chi connectivity index (χ3n) is 3.78. The van der Waals surface area contributed by atoms with Gasteiger partial charge < -0.3 is 10.6 Å². The predicted molar refractivity (Wildman–Crippen MR) is 76.6 cm³/mol. The van der Waals surface area contributed by atoms with Crippen molar-refractivity contribution in [1.29, 1.82) is 0 Å². The first-order valence-corrected chi connectivity index (χ1v) is 7.33.